The highest BCUT2D eigenvalue weighted by molar-refractivity contribution is 8.00. The van der Waals surface area contributed by atoms with Gasteiger partial charge in [0.1, 0.15) is 5.69 Å². The van der Waals surface area contributed by atoms with Crippen molar-refractivity contribution in [3.05, 3.63) is 10.4 Å². The summed E-state index contributed by atoms with van der Waals surface area (Å²) < 4.78 is 0. The van der Waals surface area contributed by atoms with Crippen LogP contribution in [-0.2, 0) is 0 Å². The number of nitrogens with one attached hydrogen (secondary N) is 2. The van der Waals surface area contributed by atoms with E-state index in [-0.39, 0.29) is 16.9 Å². The predicted molar refractivity (Wildman–Crippen MR) is 68.8 cm³/mol. The molecule has 1 saturated heterocycles. The third-order valence-electron chi connectivity index (χ3n) is 2.97. The molecule has 92 valence electrons. The molecule has 1 fully saturated rings. The van der Waals surface area contributed by atoms with Gasteiger partial charge in [-0.15, -0.1) is 11.8 Å². The Kier molecular flexibility index (Phi) is 2.40. The number of nitrogens with two attached hydrogens (primary N) is 2. The quantitative estimate of drug-likeness (QED) is 0.543. The van der Waals surface area contributed by atoms with E-state index >= 15 is 0 Å². The number of anilines is 3. The molecule has 0 amide bonds. The van der Waals surface area contributed by atoms with Crippen LogP contribution in [-0.4, -0.2) is 27.4 Å². The lowest BCUT2D eigenvalue weighted by Crippen LogP contribution is -2.47. The number of rotatable bonds is 1. The van der Waals surface area contributed by atoms with Crippen LogP contribution in [0.3, 0.4) is 0 Å². The maximum absolute atomic E-state index is 11.7. The van der Waals surface area contributed by atoms with Gasteiger partial charge in [-0.05, 0) is 18.6 Å². The van der Waals surface area contributed by atoms with Gasteiger partial charge in [0.2, 0.25) is 5.95 Å². The lowest BCUT2D eigenvalue weighted by Gasteiger charge is -2.28. The van der Waals surface area contributed by atoms with Gasteiger partial charge < -0.3 is 16.0 Å². The Morgan fingerprint density at radius 1 is 1.53 bits per heavy atom. The van der Waals surface area contributed by atoms with Crippen molar-refractivity contribution in [3.63, 3.8) is 0 Å². The molecule has 0 radical (unpaired) electrons. The number of H-pyrrole nitrogens is 1. The van der Waals surface area contributed by atoms with Gasteiger partial charge in [-0.1, -0.05) is 0 Å². The largest absolute Gasteiger partial charge is 0.369 e. The summed E-state index contributed by atoms with van der Waals surface area (Å²) in [7, 11) is 0. The Hall–Kier alpha value is -1.41. The lowest BCUT2D eigenvalue weighted by molar-refractivity contribution is 0.641. The summed E-state index contributed by atoms with van der Waals surface area (Å²) in [5, 5.41) is 3.22. The zero-order valence-electron chi connectivity index (χ0n) is 9.14. The average Bonchev–Trinajstić information content (AvgIpc) is 2.84. The molecule has 3 rings (SSSR count). The van der Waals surface area contributed by atoms with E-state index < -0.39 is 6.29 Å². The van der Waals surface area contributed by atoms with Gasteiger partial charge in [-0.3, -0.25) is 15.5 Å². The standard InChI is InChI=1S/C9H14N6OS/c10-8-13-6-5(7(16)14-8)12-9(11)15(6)4-2-1-3-17-4/h4,9,12H,1-3,11H2,(H3,10,13,14,16). The molecule has 0 aliphatic carbocycles. The molecule has 3 heterocycles. The topological polar surface area (TPSA) is 113 Å². The summed E-state index contributed by atoms with van der Waals surface area (Å²) in [4.78, 5) is 20.3. The van der Waals surface area contributed by atoms with E-state index in [1.807, 2.05) is 16.7 Å². The Morgan fingerprint density at radius 2 is 2.35 bits per heavy atom. The maximum atomic E-state index is 11.7. The Morgan fingerprint density at radius 3 is 3.06 bits per heavy atom. The van der Waals surface area contributed by atoms with Crippen molar-refractivity contribution in [1.29, 1.82) is 0 Å². The van der Waals surface area contributed by atoms with Gasteiger partial charge in [-0.2, -0.15) is 4.98 Å². The molecule has 7 nitrogen and oxygen atoms in total. The minimum absolute atomic E-state index is 0.123. The first-order valence-corrected chi connectivity index (χ1v) is 6.53. The van der Waals surface area contributed by atoms with Gasteiger partial charge >= 0.3 is 0 Å². The van der Waals surface area contributed by atoms with Crippen molar-refractivity contribution in [2.45, 2.75) is 24.5 Å². The zero-order chi connectivity index (χ0) is 12.0. The van der Waals surface area contributed by atoms with Crippen LogP contribution < -0.4 is 27.2 Å². The summed E-state index contributed by atoms with van der Waals surface area (Å²) in [5.74, 6) is 1.80. The molecular formula is C9H14N6OS. The highest BCUT2D eigenvalue weighted by Crippen LogP contribution is 2.38. The third-order valence-corrected chi connectivity index (χ3v) is 4.34. The fourth-order valence-electron chi connectivity index (χ4n) is 2.24. The molecule has 2 aliphatic rings. The minimum Gasteiger partial charge on any atom is -0.369 e. The summed E-state index contributed by atoms with van der Waals surface area (Å²) in [5.41, 5.74) is 11.7. The van der Waals surface area contributed by atoms with E-state index in [1.165, 1.54) is 0 Å². The van der Waals surface area contributed by atoms with E-state index in [9.17, 15) is 4.79 Å². The van der Waals surface area contributed by atoms with Gasteiger partial charge in [0.05, 0.1) is 5.37 Å². The van der Waals surface area contributed by atoms with Crippen molar-refractivity contribution in [3.8, 4) is 0 Å². The van der Waals surface area contributed by atoms with Crippen LogP contribution in [0, 0.1) is 0 Å². The monoisotopic (exact) mass is 254 g/mol. The van der Waals surface area contributed by atoms with Crippen molar-refractivity contribution in [2.24, 2.45) is 5.73 Å². The Labute approximate surface area is 102 Å². The zero-order valence-corrected chi connectivity index (χ0v) is 9.96. The van der Waals surface area contributed by atoms with Crippen molar-refractivity contribution in [2.75, 3.05) is 21.7 Å². The first-order valence-electron chi connectivity index (χ1n) is 5.48. The fraction of sp³-hybridized carbons (Fsp3) is 0.556. The van der Waals surface area contributed by atoms with E-state index in [1.54, 1.807) is 0 Å². The lowest BCUT2D eigenvalue weighted by atomic mass is 10.3. The van der Waals surface area contributed by atoms with Crippen molar-refractivity contribution < 1.29 is 0 Å². The van der Waals surface area contributed by atoms with Crippen molar-refractivity contribution >= 4 is 29.2 Å². The molecular weight excluding hydrogens is 240 g/mol. The van der Waals surface area contributed by atoms with E-state index in [2.05, 4.69) is 15.3 Å². The molecule has 0 spiro atoms. The van der Waals surface area contributed by atoms with Crippen LogP contribution in [0.25, 0.3) is 0 Å². The Bertz CT molecular complexity index is 497. The number of nitrogen functional groups attached to an aromatic ring is 1. The van der Waals surface area contributed by atoms with E-state index in [0.717, 1.165) is 18.6 Å². The van der Waals surface area contributed by atoms with Gasteiger partial charge in [-0.25, -0.2) is 0 Å². The summed E-state index contributed by atoms with van der Waals surface area (Å²) in [6, 6.07) is 0. The minimum atomic E-state index is -0.406. The number of aromatic nitrogens is 2. The molecule has 1 aromatic rings. The molecule has 0 bridgehead atoms. The SMILES string of the molecule is Nc1nc2c(c(=O)[nH]1)NC(N)N2C1CCCS1. The van der Waals surface area contributed by atoms with Gasteiger partial charge in [0.15, 0.2) is 12.1 Å². The number of nitrogens with zero attached hydrogens (tertiary/aromatic N) is 2. The molecule has 2 unspecified atom stereocenters. The second-order valence-corrected chi connectivity index (χ2v) is 5.40. The average molecular weight is 254 g/mol. The third kappa shape index (κ3) is 1.64. The molecule has 0 saturated carbocycles. The molecule has 17 heavy (non-hydrogen) atoms. The van der Waals surface area contributed by atoms with E-state index in [0.29, 0.717) is 11.5 Å². The van der Waals surface area contributed by atoms with Crippen LogP contribution in [0.5, 0.6) is 0 Å². The highest BCUT2D eigenvalue weighted by atomic mass is 32.2. The number of fused-ring (bicyclic) bond motifs is 1. The Balaban J connectivity index is 2.05. The molecule has 8 heteroatoms. The molecule has 1 aromatic heterocycles. The number of hydrogen-bond acceptors (Lipinski definition) is 7. The smallest absolute Gasteiger partial charge is 0.277 e. The second-order valence-electron chi connectivity index (χ2n) is 4.11. The van der Waals surface area contributed by atoms with Gasteiger partial charge in [0.25, 0.3) is 5.56 Å². The highest BCUT2D eigenvalue weighted by Gasteiger charge is 2.36. The number of thioether (sulfide) groups is 1. The van der Waals surface area contributed by atoms with Crippen LogP contribution >= 0.6 is 11.8 Å². The summed E-state index contributed by atoms with van der Waals surface area (Å²) in [6.45, 7) is 0. The molecule has 0 aromatic carbocycles. The fourth-order valence-corrected chi connectivity index (χ4v) is 3.57. The predicted octanol–water partition coefficient (Wildman–Crippen LogP) is -0.321. The van der Waals surface area contributed by atoms with E-state index in [4.69, 9.17) is 11.5 Å². The molecule has 2 aliphatic heterocycles. The number of aromatic amines is 1. The maximum Gasteiger partial charge on any atom is 0.277 e. The van der Waals surface area contributed by atoms with Gasteiger partial charge in [0, 0.05) is 0 Å². The first-order chi connectivity index (χ1) is 8.16. The summed E-state index contributed by atoms with van der Waals surface area (Å²) >= 11 is 1.83. The van der Waals surface area contributed by atoms with Crippen LogP contribution in [0.1, 0.15) is 12.8 Å². The number of hydrogen-bond donors (Lipinski definition) is 4. The first kappa shape index (κ1) is 10.7. The molecule has 2 atom stereocenters. The summed E-state index contributed by atoms with van der Waals surface area (Å²) in [6.07, 6.45) is 1.80. The van der Waals surface area contributed by atoms with Crippen molar-refractivity contribution in [1.82, 2.24) is 9.97 Å². The second kappa shape index (κ2) is 3.81. The van der Waals surface area contributed by atoms with Crippen LogP contribution in [0.4, 0.5) is 17.5 Å². The van der Waals surface area contributed by atoms with Crippen LogP contribution in [0.2, 0.25) is 0 Å². The van der Waals surface area contributed by atoms with Crippen LogP contribution in [0.15, 0.2) is 4.79 Å². The normalized spacial score (nSPS) is 27.0. The molecule has 6 N–H and O–H groups in total.